The fourth-order valence-electron chi connectivity index (χ4n) is 1.57. The first-order valence-corrected chi connectivity index (χ1v) is 7.12. The summed E-state index contributed by atoms with van der Waals surface area (Å²) < 4.78 is 8.14. The Labute approximate surface area is 117 Å². The molecule has 1 N–H and O–H groups in total. The summed E-state index contributed by atoms with van der Waals surface area (Å²) in [4.78, 5) is 11.8. The molecule has 0 fully saturated rings. The highest BCUT2D eigenvalue weighted by Crippen LogP contribution is 2.13. The number of rotatable bonds is 8. The van der Waals surface area contributed by atoms with E-state index in [9.17, 15) is 4.79 Å². The van der Waals surface area contributed by atoms with Gasteiger partial charge in [0.2, 0.25) is 0 Å². The van der Waals surface area contributed by atoms with Crippen molar-refractivity contribution in [1.29, 1.82) is 0 Å². The molecule has 0 bridgehead atoms. The number of aryl methyl sites for hydroxylation is 1. The summed E-state index contributed by atoms with van der Waals surface area (Å²) >= 11 is 3.35. The molecule has 4 nitrogen and oxygen atoms in total. The van der Waals surface area contributed by atoms with Crippen LogP contribution >= 0.6 is 15.9 Å². The molecule has 0 unspecified atom stereocenters. The Kier molecular flexibility index (Phi) is 7.05. The van der Waals surface area contributed by atoms with Gasteiger partial charge in [-0.3, -0.25) is 4.79 Å². The lowest BCUT2D eigenvalue weighted by Crippen LogP contribution is -2.26. The van der Waals surface area contributed by atoms with Gasteiger partial charge in [-0.05, 0) is 34.8 Å². The molecule has 0 saturated carbocycles. The van der Waals surface area contributed by atoms with Crippen molar-refractivity contribution in [2.24, 2.45) is 7.05 Å². The predicted octanol–water partition coefficient (Wildman–Crippen LogP) is 2.72. The summed E-state index contributed by atoms with van der Waals surface area (Å²) in [5.74, 6) is -0.0447. The number of carbonyl (C=O) groups excluding carboxylic acids is 1. The molecule has 0 aliphatic carbocycles. The van der Waals surface area contributed by atoms with E-state index in [2.05, 4.69) is 28.2 Å². The second-order valence-corrected chi connectivity index (χ2v) is 5.15. The van der Waals surface area contributed by atoms with Crippen molar-refractivity contribution < 1.29 is 9.53 Å². The maximum atomic E-state index is 11.8. The number of hydrogen-bond acceptors (Lipinski definition) is 2. The van der Waals surface area contributed by atoms with Gasteiger partial charge in [-0.1, -0.05) is 13.3 Å². The SMILES string of the molecule is CCCCOCCCNC(=O)c1cc(Br)cn1C. The van der Waals surface area contributed by atoms with Gasteiger partial charge in [-0.25, -0.2) is 0 Å². The molecule has 1 amide bonds. The molecule has 0 atom stereocenters. The van der Waals surface area contributed by atoms with E-state index in [4.69, 9.17) is 4.74 Å². The molecule has 18 heavy (non-hydrogen) atoms. The molecule has 0 aliphatic rings. The number of unbranched alkanes of at least 4 members (excludes halogenated alkanes) is 1. The van der Waals surface area contributed by atoms with Gasteiger partial charge in [-0.2, -0.15) is 0 Å². The minimum absolute atomic E-state index is 0.0447. The highest BCUT2D eigenvalue weighted by molar-refractivity contribution is 9.10. The lowest BCUT2D eigenvalue weighted by Gasteiger charge is -2.06. The maximum absolute atomic E-state index is 11.8. The quantitative estimate of drug-likeness (QED) is 0.749. The first kappa shape index (κ1) is 15.2. The summed E-state index contributed by atoms with van der Waals surface area (Å²) in [6.07, 6.45) is 4.96. The Bertz CT molecular complexity index is 377. The Balaban J connectivity index is 2.16. The van der Waals surface area contributed by atoms with Crippen LogP contribution in [0.4, 0.5) is 0 Å². The monoisotopic (exact) mass is 316 g/mol. The molecule has 1 aromatic heterocycles. The third kappa shape index (κ3) is 5.23. The summed E-state index contributed by atoms with van der Waals surface area (Å²) in [5.41, 5.74) is 0.661. The Morgan fingerprint density at radius 3 is 2.78 bits per heavy atom. The zero-order chi connectivity index (χ0) is 13.4. The smallest absolute Gasteiger partial charge is 0.267 e. The second kappa shape index (κ2) is 8.32. The van der Waals surface area contributed by atoms with Crippen molar-refractivity contribution in [3.05, 3.63) is 22.4 Å². The van der Waals surface area contributed by atoms with Crippen molar-refractivity contribution >= 4 is 21.8 Å². The molecule has 0 aliphatic heterocycles. The molecule has 5 heteroatoms. The molecular weight excluding hydrogens is 296 g/mol. The van der Waals surface area contributed by atoms with Crippen LogP contribution in [0, 0.1) is 0 Å². The Morgan fingerprint density at radius 2 is 2.17 bits per heavy atom. The van der Waals surface area contributed by atoms with Crippen LogP contribution in [0.3, 0.4) is 0 Å². The van der Waals surface area contributed by atoms with Crippen molar-refractivity contribution in [3.63, 3.8) is 0 Å². The molecular formula is C13H21BrN2O2. The largest absolute Gasteiger partial charge is 0.381 e. The topological polar surface area (TPSA) is 43.3 Å². The average Bonchev–Trinajstić information content (AvgIpc) is 2.67. The summed E-state index contributed by atoms with van der Waals surface area (Å²) in [6, 6.07) is 1.81. The normalized spacial score (nSPS) is 10.6. The molecule has 0 saturated heterocycles. The minimum Gasteiger partial charge on any atom is -0.381 e. The molecule has 0 spiro atoms. The van der Waals surface area contributed by atoms with Crippen LogP contribution in [0.1, 0.15) is 36.7 Å². The highest BCUT2D eigenvalue weighted by atomic mass is 79.9. The van der Waals surface area contributed by atoms with E-state index in [0.717, 1.165) is 30.3 Å². The number of nitrogens with zero attached hydrogens (tertiary/aromatic N) is 1. The van der Waals surface area contributed by atoms with Crippen LogP contribution in [0.25, 0.3) is 0 Å². The minimum atomic E-state index is -0.0447. The fourth-order valence-corrected chi connectivity index (χ4v) is 2.09. The van der Waals surface area contributed by atoms with Gasteiger partial charge in [0.05, 0.1) is 0 Å². The number of hydrogen-bond donors (Lipinski definition) is 1. The van der Waals surface area contributed by atoms with E-state index in [-0.39, 0.29) is 5.91 Å². The van der Waals surface area contributed by atoms with Gasteiger partial charge in [0.25, 0.3) is 5.91 Å². The van der Waals surface area contributed by atoms with E-state index >= 15 is 0 Å². The fraction of sp³-hybridized carbons (Fsp3) is 0.615. The van der Waals surface area contributed by atoms with Gasteiger partial charge in [0.1, 0.15) is 5.69 Å². The number of aromatic nitrogens is 1. The average molecular weight is 317 g/mol. The lowest BCUT2D eigenvalue weighted by molar-refractivity contribution is 0.0932. The van der Waals surface area contributed by atoms with Gasteiger partial charge in [-0.15, -0.1) is 0 Å². The number of amides is 1. The molecule has 1 aromatic rings. The van der Waals surface area contributed by atoms with Crippen molar-refractivity contribution in [3.8, 4) is 0 Å². The second-order valence-electron chi connectivity index (χ2n) is 4.23. The zero-order valence-electron chi connectivity index (χ0n) is 11.0. The van der Waals surface area contributed by atoms with E-state index < -0.39 is 0 Å². The number of nitrogens with one attached hydrogen (secondary N) is 1. The summed E-state index contributed by atoms with van der Waals surface area (Å²) in [7, 11) is 1.85. The summed E-state index contributed by atoms with van der Waals surface area (Å²) in [6.45, 7) is 4.31. The zero-order valence-corrected chi connectivity index (χ0v) is 12.6. The van der Waals surface area contributed by atoms with Crippen LogP contribution in [-0.4, -0.2) is 30.2 Å². The highest BCUT2D eigenvalue weighted by Gasteiger charge is 2.09. The van der Waals surface area contributed by atoms with Gasteiger partial charge >= 0.3 is 0 Å². The van der Waals surface area contributed by atoms with E-state index in [0.29, 0.717) is 18.8 Å². The number of halogens is 1. The van der Waals surface area contributed by atoms with E-state index in [1.807, 2.05) is 19.3 Å². The van der Waals surface area contributed by atoms with Crippen molar-refractivity contribution in [2.45, 2.75) is 26.2 Å². The predicted molar refractivity (Wildman–Crippen MR) is 75.8 cm³/mol. The van der Waals surface area contributed by atoms with Crippen LogP contribution in [0.5, 0.6) is 0 Å². The molecule has 0 radical (unpaired) electrons. The standard InChI is InChI=1S/C13H21BrN2O2/c1-3-4-7-18-8-5-6-15-13(17)12-9-11(14)10-16(12)2/h9-10H,3-8H2,1-2H3,(H,15,17). The number of carbonyl (C=O) groups is 1. The first-order chi connectivity index (χ1) is 8.65. The van der Waals surface area contributed by atoms with Crippen LogP contribution in [-0.2, 0) is 11.8 Å². The molecule has 1 rings (SSSR count). The van der Waals surface area contributed by atoms with Gasteiger partial charge < -0.3 is 14.6 Å². The number of ether oxygens (including phenoxy) is 1. The lowest BCUT2D eigenvalue weighted by atomic mass is 10.3. The van der Waals surface area contributed by atoms with Crippen LogP contribution in [0.15, 0.2) is 16.7 Å². The van der Waals surface area contributed by atoms with Crippen LogP contribution < -0.4 is 5.32 Å². The maximum Gasteiger partial charge on any atom is 0.267 e. The molecule has 0 aromatic carbocycles. The van der Waals surface area contributed by atoms with Crippen molar-refractivity contribution in [1.82, 2.24) is 9.88 Å². The van der Waals surface area contributed by atoms with Crippen molar-refractivity contribution in [2.75, 3.05) is 19.8 Å². The first-order valence-electron chi connectivity index (χ1n) is 6.33. The Hall–Kier alpha value is -0.810. The third-order valence-electron chi connectivity index (χ3n) is 2.60. The van der Waals surface area contributed by atoms with E-state index in [1.54, 1.807) is 4.57 Å². The van der Waals surface area contributed by atoms with Gasteiger partial charge in [0.15, 0.2) is 0 Å². The molecule has 1 heterocycles. The van der Waals surface area contributed by atoms with E-state index in [1.165, 1.54) is 0 Å². The Morgan fingerprint density at radius 1 is 1.44 bits per heavy atom. The summed E-state index contributed by atoms with van der Waals surface area (Å²) in [5, 5.41) is 2.88. The van der Waals surface area contributed by atoms with Gasteiger partial charge in [0, 0.05) is 37.5 Å². The third-order valence-corrected chi connectivity index (χ3v) is 3.03. The molecule has 102 valence electrons. The van der Waals surface area contributed by atoms with Crippen LogP contribution in [0.2, 0.25) is 0 Å².